The quantitative estimate of drug-likeness (QED) is 0.713. The van der Waals surface area contributed by atoms with Crippen LogP contribution in [0.5, 0.6) is 0 Å². The molecule has 1 aromatic carbocycles. The Morgan fingerprint density at radius 3 is 2.33 bits per heavy atom. The molecule has 3 nitrogen and oxygen atoms in total. The molecule has 0 saturated heterocycles. The van der Waals surface area contributed by atoms with Crippen LogP contribution in [0.4, 0.5) is 8.78 Å². The highest BCUT2D eigenvalue weighted by atomic mass is 35.5. The predicted octanol–water partition coefficient (Wildman–Crippen LogP) is 4.71. The van der Waals surface area contributed by atoms with Crippen LogP contribution in [0.15, 0.2) is 18.2 Å². The van der Waals surface area contributed by atoms with E-state index in [1.54, 1.807) is 13.8 Å². The van der Waals surface area contributed by atoms with Crippen LogP contribution in [-0.2, 0) is 13.6 Å². The van der Waals surface area contributed by atoms with Gasteiger partial charge in [0.15, 0.2) is 0 Å². The van der Waals surface area contributed by atoms with E-state index in [0.717, 1.165) is 12.1 Å². The smallest absolute Gasteiger partial charge is 0.307 e. The minimum Gasteiger partial charge on any atom is -0.307 e. The van der Waals surface area contributed by atoms with Crippen molar-refractivity contribution in [3.8, 4) is 0 Å². The largest absolute Gasteiger partial charge is 0.369 e. The van der Waals surface area contributed by atoms with Gasteiger partial charge in [-0.3, -0.25) is 4.57 Å². The van der Waals surface area contributed by atoms with E-state index in [-0.39, 0.29) is 23.8 Å². The van der Waals surface area contributed by atoms with E-state index in [0.29, 0.717) is 0 Å². The van der Waals surface area contributed by atoms with Crippen LogP contribution >= 0.6 is 19.2 Å². The van der Waals surface area contributed by atoms with Crippen LogP contribution in [0.25, 0.3) is 0 Å². The van der Waals surface area contributed by atoms with Crippen LogP contribution in [-0.4, -0.2) is 13.2 Å². The summed E-state index contributed by atoms with van der Waals surface area (Å²) in [6.45, 7) is 3.12. The minimum absolute atomic E-state index is 0.00685. The third-order valence-corrected chi connectivity index (χ3v) is 4.42. The van der Waals surface area contributed by atoms with Gasteiger partial charge in [-0.2, -0.15) is 0 Å². The van der Waals surface area contributed by atoms with Crippen LogP contribution in [0.1, 0.15) is 25.3 Å². The van der Waals surface area contributed by atoms with Crippen molar-refractivity contribution in [3.05, 3.63) is 34.6 Å². The van der Waals surface area contributed by atoms with Gasteiger partial charge in [-0.25, -0.2) is 8.78 Å². The minimum atomic E-state index is -4.02. The average Bonchev–Trinajstić information content (AvgIpc) is 2.29. The Morgan fingerprint density at radius 1 is 1.33 bits per heavy atom. The zero-order valence-electron chi connectivity index (χ0n) is 10.0. The van der Waals surface area contributed by atoms with E-state index in [2.05, 4.69) is 0 Å². The highest BCUT2D eigenvalue weighted by Crippen LogP contribution is 2.62. The van der Waals surface area contributed by atoms with Gasteiger partial charge in [0, 0.05) is 10.6 Å². The third kappa shape index (κ3) is 3.51. The first-order valence-corrected chi connectivity index (χ1v) is 7.41. The summed E-state index contributed by atoms with van der Waals surface area (Å²) in [5.41, 5.74) is -0.385. The van der Waals surface area contributed by atoms with E-state index in [1.807, 2.05) is 0 Å². The van der Waals surface area contributed by atoms with E-state index in [4.69, 9.17) is 20.6 Å². The molecule has 1 aromatic rings. The number of alkyl halides is 1. The van der Waals surface area contributed by atoms with E-state index in [9.17, 15) is 13.3 Å². The SMILES string of the molecule is CCOP(=O)(OCC)[C@H](F)c1ccc(Cl)cc1F. The lowest BCUT2D eigenvalue weighted by Crippen LogP contribution is -2.04. The first-order chi connectivity index (χ1) is 8.44. The molecule has 1 rings (SSSR count). The van der Waals surface area contributed by atoms with E-state index in [1.165, 1.54) is 6.07 Å². The lowest BCUT2D eigenvalue weighted by atomic mass is 10.2. The van der Waals surface area contributed by atoms with Crippen molar-refractivity contribution in [2.75, 3.05) is 13.2 Å². The fourth-order valence-corrected chi connectivity index (χ4v) is 3.16. The van der Waals surface area contributed by atoms with Gasteiger partial charge in [0.05, 0.1) is 13.2 Å². The standard InChI is InChI=1S/C11H14ClF2O3P/c1-3-16-18(15,17-4-2)11(14)9-6-5-8(12)7-10(9)13/h5-7,11H,3-4H2,1-2H3/t11-/m0/s1. The molecule has 1 atom stereocenters. The number of rotatable bonds is 6. The monoisotopic (exact) mass is 298 g/mol. The van der Waals surface area contributed by atoms with Gasteiger partial charge in [-0.05, 0) is 26.0 Å². The molecule has 0 spiro atoms. The molecule has 0 saturated carbocycles. The average molecular weight is 299 g/mol. The van der Waals surface area contributed by atoms with Crippen molar-refractivity contribution in [3.63, 3.8) is 0 Å². The molecule has 0 aromatic heterocycles. The Kier molecular flexibility index (Phi) is 5.73. The highest BCUT2D eigenvalue weighted by Gasteiger charge is 2.38. The molecule has 0 aliphatic rings. The first-order valence-electron chi connectivity index (χ1n) is 5.42. The van der Waals surface area contributed by atoms with Gasteiger partial charge in [0.2, 0.25) is 5.91 Å². The van der Waals surface area contributed by atoms with Gasteiger partial charge >= 0.3 is 7.60 Å². The molecule has 0 aliphatic carbocycles. The molecule has 0 heterocycles. The number of benzene rings is 1. The molecule has 0 bridgehead atoms. The molecule has 0 unspecified atom stereocenters. The molecule has 0 N–H and O–H groups in total. The van der Waals surface area contributed by atoms with Crippen molar-refractivity contribution in [2.45, 2.75) is 19.8 Å². The van der Waals surface area contributed by atoms with Crippen LogP contribution in [0.3, 0.4) is 0 Å². The van der Waals surface area contributed by atoms with Crippen molar-refractivity contribution in [1.29, 1.82) is 0 Å². The zero-order valence-corrected chi connectivity index (χ0v) is 11.7. The van der Waals surface area contributed by atoms with Crippen LogP contribution < -0.4 is 0 Å². The fourth-order valence-electron chi connectivity index (χ4n) is 1.39. The van der Waals surface area contributed by atoms with Crippen molar-refractivity contribution in [2.24, 2.45) is 0 Å². The molecular weight excluding hydrogens is 285 g/mol. The van der Waals surface area contributed by atoms with Crippen LogP contribution in [0, 0.1) is 5.82 Å². The van der Waals surface area contributed by atoms with E-state index < -0.39 is 19.3 Å². The molecule has 18 heavy (non-hydrogen) atoms. The summed E-state index contributed by atoms with van der Waals surface area (Å²) in [6, 6.07) is 3.40. The van der Waals surface area contributed by atoms with Gasteiger partial charge in [-0.15, -0.1) is 0 Å². The summed E-state index contributed by atoms with van der Waals surface area (Å²) in [5, 5.41) is 0.131. The second-order valence-electron chi connectivity index (χ2n) is 3.38. The molecular formula is C11H14ClF2O3P. The van der Waals surface area contributed by atoms with Gasteiger partial charge in [-0.1, -0.05) is 17.7 Å². The summed E-state index contributed by atoms with van der Waals surface area (Å²) >= 11 is 5.56. The van der Waals surface area contributed by atoms with Crippen molar-refractivity contribution >= 4 is 19.2 Å². The molecule has 0 amide bonds. The summed E-state index contributed by atoms with van der Waals surface area (Å²) in [5.74, 6) is -3.05. The summed E-state index contributed by atoms with van der Waals surface area (Å²) in [6.07, 6.45) is 0. The van der Waals surface area contributed by atoms with Gasteiger partial charge < -0.3 is 9.05 Å². The summed E-state index contributed by atoms with van der Waals surface area (Å²) in [4.78, 5) is 0. The molecule has 0 fully saturated rings. The van der Waals surface area contributed by atoms with E-state index >= 15 is 0 Å². The number of halogens is 3. The maximum atomic E-state index is 14.2. The third-order valence-electron chi connectivity index (χ3n) is 2.11. The van der Waals surface area contributed by atoms with Crippen LogP contribution in [0.2, 0.25) is 5.02 Å². The Bertz CT molecular complexity index is 446. The predicted molar refractivity (Wildman–Crippen MR) is 66.1 cm³/mol. The lowest BCUT2D eigenvalue weighted by Gasteiger charge is -2.21. The first kappa shape index (κ1) is 15.6. The lowest BCUT2D eigenvalue weighted by molar-refractivity contribution is 0.189. The molecule has 0 radical (unpaired) electrons. The topological polar surface area (TPSA) is 35.5 Å². The summed E-state index contributed by atoms with van der Waals surface area (Å²) < 4.78 is 49.5. The summed E-state index contributed by atoms with van der Waals surface area (Å²) in [7, 11) is -4.02. The Labute approximate surface area is 110 Å². The molecule has 7 heteroatoms. The maximum absolute atomic E-state index is 14.2. The molecule has 0 aliphatic heterocycles. The van der Waals surface area contributed by atoms with Gasteiger partial charge in [0.1, 0.15) is 5.82 Å². The number of hydrogen-bond acceptors (Lipinski definition) is 3. The highest BCUT2D eigenvalue weighted by molar-refractivity contribution is 7.54. The second-order valence-corrected chi connectivity index (χ2v) is 5.86. The Balaban J connectivity index is 3.09. The second kappa shape index (κ2) is 6.62. The normalized spacial score (nSPS) is 13.6. The Morgan fingerprint density at radius 2 is 1.89 bits per heavy atom. The molecule has 102 valence electrons. The maximum Gasteiger partial charge on any atom is 0.369 e. The van der Waals surface area contributed by atoms with Crippen molar-refractivity contribution < 1.29 is 22.4 Å². The van der Waals surface area contributed by atoms with Gasteiger partial charge in [0.25, 0.3) is 0 Å². The Hall–Kier alpha value is -0.480. The number of hydrogen-bond donors (Lipinski definition) is 0. The fraction of sp³-hybridized carbons (Fsp3) is 0.455. The van der Waals surface area contributed by atoms with Crippen molar-refractivity contribution in [1.82, 2.24) is 0 Å². The zero-order chi connectivity index (χ0) is 13.8.